The lowest BCUT2D eigenvalue weighted by molar-refractivity contribution is -0.0248. The second kappa shape index (κ2) is 7.36. The van der Waals surface area contributed by atoms with Crippen molar-refractivity contribution in [3.63, 3.8) is 0 Å². The summed E-state index contributed by atoms with van der Waals surface area (Å²) in [6.45, 7) is 4.38. The van der Waals surface area contributed by atoms with Crippen molar-refractivity contribution in [1.82, 2.24) is 14.8 Å². The molecule has 0 N–H and O–H groups in total. The minimum Gasteiger partial charge on any atom is -0.383 e. The van der Waals surface area contributed by atoms with E-state index in [0.717, 1.165) is 49.4 Å². The van der Waals surface area contributed by atoms with Crippen LogP contribution in [0.1, 0.15) is 31.4 Å². The van der Waals surface area contributed by atoms with Gasteiger partial charge in [0.15, 0.2) is 0 Å². The fourth-order valence-electron chi connectivity index (χ4n) is 2.53. The highest BCUT2D eigenvalue weighted by molar-refractivity contribution is 9.08. The molecule has 1 aliphatic carbocycles. The Morgan fingerprint density at radius 2 is 2.05 bits per heavy atom. The predicted molar refractivity (Wildman–Crippen MR) is 76.4 cm³/mol. The topological polar surface area (TPSA) is 49.2 Å². The zero-order chi connectivity index (χ0) is 13.7. The summed E-state index contributed by atoms with van der Waals surface area (Å²) in [6, 6.07) is 0. The van der Waals surface area contributed by atoms with Crippen molar-refractivity contribution in [3.05, 3.63) is 11.6 Å². The Balaban J connectivity index is 1.91. The van der Waals surface area contributed by atoms with Crippen LogP contribution in [-0.2, 0) is 27.8 Å². The number of rotatable bonds is 8. The summed E-state index contributed by atoms with van der Waals surface area (Å²) in [6.07, 6.45) is 3.75. The van der Waals surface area contributed by atoms with Crippen LogP contribution in [0.25, 0.3) is 0 Å². The van der Waals surface area contributed by atoms with Crippen LogP contribution in [0.15, 0.2) is 0 Å². The summed E-state index contributed by atoms with van der Waals surface area (Å²) >= 11 is 3.46. The van der Waals surface area contributed by atoms with Gasteiger partial charge in [0, 0.05) is 26.7 Å². The third kappa shape index (κ3) is 3.77. The molecule has 6 heteroatoms. The summed E-state index contributed by atoms with van der Waals surface area (Å²) in [5, 5.41) is 9.29. The fraction of sp³-hybridized carbons (Fsp3) is 0.846. The maximum Gasteiger partial charge on any atom is 0.143 e. The lowest BCUT2D eigenvalue weighted by Crippen LogP contribution is -2.33. The van der Waals surface area contributed by atoms with Crippen molar-refractivity contribution < 1.29 is 9.47 Å². The van der Waals surface area contributed by atoms with Gasteiger partial charge in [-0.2, -0.15) is 0 Å². The highest BCUT2D eigenvalue weighted by Gasteiger charge is 2.31. The standard InChI is InChI=1S/C13H22BrN3O2/c1-3-19-11-6-10(7-11)8-12-15-16-13(9-14)17(12)4-5-18-2/h10-11H,3-9H2,1-2H3. The molecule has 0 aliphatic heterocycles. The minimum absolute atomic E-state index is 0.459. The zero-order valence-corrected chi connectivity index (χ0v) is 13.2. The average molecular weight is 332 g/mol. The third-order valence-corrected chi connectivity index (χ3v) is 4.11. The van der Waals surface area contributed by atoms with Crippen molar-refractivity contribution in [1.29, 1.82) is 0 Å². The first-order chi connectivity index (χ1) is 9.28. The van der Waals surface area contributed by atoms with Gasteiger partial charge in [-0.1, -0.05) is 15.9 Å². The van der Waals surface area contributed by atoms with Gasteiger partial charge in [0.1, 0.15) is 11.6 Å². The van der Waals surface area contributed by atoms with E-state index in [-0.39, 0.29) is 0 Å². The van der Waals surface area contributed by atoms with E-state index >= 15 is 0 Å². The smallest absolute Gasteiger partial charge is 0.143 e. The second-order valence-corrected chi connectivity index (χ2v) is 5.49. The van der Waals surface area contributed by atoms with Crippen LogP contribution in [0.3, 0.4) is 0 Å². The second-order valence-electron chi connectivity index (χ2n) is 4.93. The Bertz CT molecular complexity index is 391. The van der Waals surface area contributed by atoms with Crippen molar-refractivity contribution in [3.8, 4) is 0 Å². The van der Waals surface area contributed by atoms with Gasteiger partial charge in [0.25, 0.3) is 0 Å². The number of halogens is 1. The number of methoxy groups -OCH3 is 1. The van der Waals surface area contributed by atoms with Crippen LogP contribution in [0, 0.1) is 5.92 Å². The van der Waals surface area contributed by atoms with Gasteiger partial charge >= 0.3 is 0 Å². The molecule has 1 fully saturated rings. The van der Waals surface area contributed by atoms with E-state index in [1.165, 1.54) is 0 Å². The first kappa shape index (κ1) is 14.9. The van der Waals surface area contributed by atoms with E-state index < -0.39 is 0 Å². The molecule has 0 bridgehead atoms. The largest absolute Gasteiger partial charge is 0.383 e. The highest BCUT2D eigenvalue weighted by atomic mass is 79.9. The highest BCUT2D eigenvalue weighted by Crippen LogP contribution is 2.32. The summed E-state index contributed by atoms with van der Waals surface area (Å²) < 4.78 is 12.9. The molecule has 0 aromatic carbocycles. The zero-order valence-electron chi connectivity index (χ0n) is 11.6. The monoisotopic (exact) mass is 331 g/mol. The predicted octanol–water partition coefficient (Wildman–Crippen LogP) is 2.18. The Hall–Kier alpha value is -0.460. The van der Waals surface area contributed by atoms with Crippen LogP contribution in [0.4, 0.5) is 0 Å². The summed E-state index contributed by atoms with van der Waals surface area (Å²) in [5.74, 6) is 2.74. The molecule has 0 unspecified atom stereocenters. The number of nitrogens with zero attached hydrogens (tertiary/aromatic N) is 3. The first-order valence-corrected chi connectivity index (χ1v) is 7.98. The Labute approximate surface area is 122 Å². The summed E-state index contributed by atoms with van der Waals surface area (Å²) in [5.41, 5.74) is 0. The van der Waals surface area contributed by atoms with Gasteiger partial charge in [-0.3, -0.25) is 0 Å². The normalized spacial score (nSPS) is 22.5. The lowest BCUT2D eigenvalue weighted by atomic mass is 9.80. The lowest BCUT2D eigenvalue weighted by Gasteiger charge is -2.34. The molecule has 0 radical (unpaired) electrons. The maximum atomic E-state index is 5.60. The van der Waals surface area contributed by atoms with Crippen LogP contribution < -0.4 is 0 Å². The molecule has 0 saturated heterocycles. The maximum absolute atomic E-state index is 5.60. The molecule has 1 heterocycles. The van der Waals surface area contributed by atoms with Gasteiger partial charge in [-0.15, -0.1) is 10.2 Å². The minimum atomic E-state index is 0.459. The van der Waals surface area contributed by atoms with Gasteiger partial charge in [-0.25, -0.2) is 0 Å². The van der Waals surface area contributed by atoms with E-state index in [1.54, 1.807) is 7.11 Å². The number of ether oxygens (including phenoxy) is 2. The number of hydrogen-bond acceptors (Lipinski definition) is 4. The third-order valence-electron chi connectivity index (χ3n) is 3.61. The van der Waals surface area contributed by atoms with Crippen molar-refractivity contribution in [2.75, 3.05) is 20.3 Å². The van der Waals surface area contributed by atoms with E-state index in [2.05, 4.69) is 37.6 Å². The Morgan fingerprint density at radius 3 is 2.68 bits per heavy atom. The quantitative estimate of drug-likeness (QED) is 0.685. The molecule has 0 atom stereocenters. The van der Waals surface area contributed by atoms with E-state index in [0.29, 0.717) is 18.6 Å². The van der Waals surface area contributed by atoms with Crippen LogP contribution in [0.2, 0.25) is 0 Å². The Kier molecular flexibility index (Phi) is 5.78. The molecule has 1 aliphatic rings. The van der Waals surface area contributed by atoms with Crippen LogP contribution in [-0.4, -0.2) is 41.2 Å². The average Bonchev–Trinajstić information content (AvgIpc) is 2.76. The molecule has 2 rings (SSSR count). The molecule has 5 nitrogen and oxygen atoms in total. The van der Waals surface area contributed by atoms with E-state index in [1.807, 2.05) is 0 Å². The van der Waals surface area contributed by atoms with Crippen LogP contribution in [0.5, 0.6) is 0 Å². The van der Waals surface area contributed by atoms with Crippen LogP contribution >= 0.6 is 15.9 Å². The molecule has 19 heavy (non-hydrogen) atoms. The molecule has 0 amide bonds. The summed E-state index contributed by atoms with van der Waals surface area (Å²) in [4.78, 5) is 0. The molecule has 108 valence electrons. The summed E-state index contributed by atoms with van der Waals surface area (Å²) in [7, 11) is 1.72. The molecule has 1 saturated carbocycles. The van der Waals surface area contributed by atoms with Crippen molar-refractivity contribution in [2.45, 2.75) is 44.2 Å². The molecule has 1 aromatic rings. The van der Waals surface area contributed by atoms with E-state index in [4.69, 9.17) is 9.47 Å². The molecule has 0 spiro atoms. The van der Waals surface area contributed by atoms with Gasteiger partial charge < -0.3 is 14.0 Å². The SMILES string of the molecule is CCOC1CC(Cc2nnc(CBr)n2CCOC)C1. The molecular weight excluding hydrogens is 310 g/mol. The Morgan fingerprint density at radius 1 is 1.32 bits per heavy atom. The fourth-order valence-corrected chi connectivity index (χ4v) is 2.95. The van der Waals surface area contributed by atoms with Crippen molar-refractivity contribution in [2.24, 2.45) is 5.92 Å². The number of alkyl halides is 1. The molecule has 1 aromatic heterocycles. The van der Waals surface area contributed by atoms with Gasteiger partial charge in [-0.05, 0) is 25.7 Å². The van der Waals surface area contributed by atoms with Crippen molar-refractivity contribution >= 4 is 15.9 Å². The number of aromatic nitrogens is 3. The molecular formula is C13H22BrN3O2. The number of hydrogen-bond donors (Lipinski definition) is 0. The van der Waals surface area contributed by atoms with Gasteiger partial charge in [0.2, 0.25) is 0 Å². The van der Waals surface area contributed by atoms with E-state index in [9.17, 15) is 0 Å². The van der Waals surface area contributed by atoms with Gasteiger partial charge in [0.05, 0.1) is 18.0 Å². The first-order valence-electron chi connectivity index (χ1n) is 6.85.